The number of hydrogen-bond acceptors (Lipinski definition) is 9. The van der Waals surface area contributed by atoms with E-state index in [0.717, 1.165) is 32.9 Å². The van der Waals surface area contributed by atoms with Crippen LogP contribution in [0.4, 0.5) is 13.9 Å². The van der Waals surface area contributed by atoms with Gasteiger partial charge in [-0.15, -0.1) is 34.7 Å². The molecule has 0 spiro atoms. The highest BCUT2D eigenvalue weighted by atomic mass is 35.5. The molecule has 3 aromatic carbocycles. The average molecular weight is 710 g/mol. The van der Waals surface area contributed by atoms with Crippen LogP contribution in [0.15, 0.2) is 113 Å². The Labute approximate surface area is 286 Å². The Morgan fingerprint density at radius 1 is 1.02 bits per heavy atom. The van der Waals surface area contributed by atoms with Gasteiger partial charge >= 0.3 is 12.6 Å². The van der Waals surface area contributed by atoms with E-state index in [9.17, 15) is 28.3 Å². The van der Waals surface area contributed by atoms with Gasteiger partial charge in [0.05, 0.1) is 0 Å². The van der Waals surface area contributed by atoms with Crippen LogP contribution >= 0.6 is 34.7 Å². The molecule has 6 rings (SSSR count). The van der Waals surface area contributed by atoms with Gasteiger partial charge in [0.15, 0.2) is 10.8 Å². The highest BCUT2D eigenvalue weighted by Gasteiger charge is 2.54. The minimum atomic E-state index is -3.34. The number of carbonyl (C=O) groups is 3. The van der Waals surface area contributed by atoms with Crippen molar-refractivity contribution < 1.29 is 33.1 Å². The van der Waals surface area contributed by atoms with Gasteiger partial charge in [0.1, 0.15) is 28.3 Å². The molecule has 10 nitrogen and oxygen atoms in total. The third-order valence-corrected chi connectivity index (χ3v) is 10.2. The van der Waals surface area contributed by atoms with E-state index in [1.54, 1.807) is 0 Å². The molecule has 0 bridgehead atoms. The molecule has 15 heteroatoms. The number of oxime groups is 1. The van der Waals surface area contributed by atoms with E-state index in [1.807, 2.05) is 91.0 Å². The summed E-state index contributed by atoms with van der Waals surface area (Å²) in [4.78, 5) is 48.3. The molecule has 2 aliphatic heterocycles. The number of halogens is 3. The van der Waals surface area contributed by atoms with E-state index in [1.165, 1.54) is 17.1 Å². The number of aromatic nitrogens is 1. The lowest BCUT2D eigenvalue weighted by atomic mass is 9.77. The second-order valence-electron chi connectivity index (χ2n) is 10.6. The number of carboxylic acids is 1. The molecule has 0 unspecified atom stereocenters. The van der Waals surface area contributed by atoms with Crippen LogP contribution in [0.5, 0.6) is 0 Å². The summed E-state index contributed by atoms with van der Waals surface area (Å²) in [6.45, 7) is -3.34. The van der Waals surface area contributed by atoms with Gasteiger partial charge < -0.3 is 20.6 Å². The number of carbonyl (C=O) groups excluding carboxylic acids is 2. The summed E-state index contributed by atoms with van der Waals surface area (Å²) < 4.78 is 26.3. The topological polar surface area (TPSA) is 133 Å². The van der Waals surface area contributed by atoms with Crippen LogP contribution in [0.2, 0.25) is 0 Å². The monoisotopic (exact) mass is 709 g/mol. The SMILES string of the molecule is O=C(O)C1=C(CCl)CS[C@H]2[C@H](NC(=O)C(=NOC(F)F)c3csc(NC(c4ccccc4)(c4ccccc4)c4ccccc4)n3)C(=O)N12. The van der Waals surface area contributed by atoms with Crippen LogP contribution in [-0.4, -0.2) is 68.1 Å². The number of thiazole rings is 1. The molecule has 4 aromatic rings. The largest absolute Gasteiger partial charge is 0.477 e. The van der Waals surface area contributed by atoms with E-state index < -0.39 is 47.1 Å². The number of alkyl halides is 3. The number of β-lactam (4-membered cyclic amide) rings is 1. The van der Waals surface area contributed by atoms with Gasteiger partial charge in [-0.05, 0) is 22.3 Å². The van der Waals surface area contributed by atoms with Crippen LogP contribution in [0.1, 0.15) is 22.4 Å². The first kappa shape index (κ1) is 33.1. The molecule has 1 aromatic heterocycles. The second kappa shape index (κ2) is 14.1. The molecule has 246 valence electrons. The first-order valence-corrected chi connectivity index (χ1v) is 16.9. The van der Waals surface area contributed by atoms with Gasteiger partial charge in [0.2, 0.25) is 0 Å². The van der Waals surface area contributed by atoms with E-state index in [4.69, 9.17) is 11.6 Å². The van der Waals surface area contributed by atoms with Crippen LogP contribution in [0.3, 0.4) is 0 Å². The lowest BCUT2D eigenvalue weighted by molar-refractivity contribution is -0.150. The van der Waals surface area contributed by atoms with Crippen LogP contribution in [0.25, 0.3) is 0 Å². The highest BCUT2D eigenvalue weighted by Crippen LogP contribution is 2.42. The molecular formula is C33H26ClF2N5O5S2. The van der Waals surface area contributed by atoms with Crippen molar-refractivity contribution in [2.45, 2.75) is 23.6 Å². The number of amides is 2. The van der Waals surface area contributed by atoms with Gasteiger partial charge in [0.25, 0.3) is 11.8 Å². The molecule has 0 saturated carbocycles. The number of anilines is 1. The highest BCUT2D eigenvalue weighted by molar-refractivity contribution is 8.00. The van der Waals surface area contributed by atoms with E-state index >= 15 is 0 Å². The Kier molecular flexibility index (Phi) is 9.76. The fourth-order valence-electron chi connectivity index (χ4n) is 5.67. The molecule has 3 heterocycles. The summed E-state index contributed by atoms with van der Waals surface area (Å²) >= 11 is 8.23. The fraction of sp³-hybridized carbons (Fsp3) is 0.182. The number of hydrogen-bond donors (Lipinski definition) is 3. The van der Waals surface area contributed by atoms with Crippen molar-refractivity contribution in [2.75, 3.05) is 16.9 Å². The molecule has 2 aliphatic rings. The van der Waals surface area contributed by atoms with Crippen molar-refractivity contribution in [3.8, 4) is 0 Å². The number of carboxylic acid groups (broad SMARTS) is 1. The predicted molar refractivity (Wildman–Crippen MR) is 179 cm³/mol. The standard InChI is InChI=1S/C33H26ClF2N5O5S2/c34-16-19-17-47-29-25(28(43)41(29)26(19)30(44)45)38-27(42)24(40-46-31(35)36)23-18-48-32(37-23)39-33(20-10-4-1-5-11-20,21-12-6-2-7-13-21)22-14-8-3-9-15-22/h1-15,18,25,29,31H,16-17H2,(H,37,39)(H,38,42)(H,44,45)/t25-,29+/m1/s1. The summed E-state index contributed by atoms with van der Waals surface area (Å²) in [6, 6.07) is 27.9. The van der Waals surface area contributed by atoms with Crippen molar-refractivity contribution in [1.29, 1.82) is 0 Å². The van der Waals surface area contributed by atoms with Crippen molar-refractivity contribution in [1.82, 2.24) is 15.2 Å². The summed E-state index contributed by atoms with van der Waals surface area (Å²) in [5.41, 5.74) is 1.16. The van der Waals surface area contributed by atoms with Gasteiger partial charge in [-0.25, -0.2) is 9.78 Å². The number of nitrogens with zero attached hydrogens (tertiary/aromatic N) is 3. The van der Waals surface area contributed by atoms with E-state index in [-0.39, 0.29) is 23.0 Å². The fourth-order valence-corrected chi connectivity index (χ4v) is 8.10. The minimum absolute atomic E-state index is 0.0791. The van der Waals surface area contributed by atoms with Gasteiger partial charge in [-0.2, -0.15) is 8.78 Å². The molecule has 0 radical (unpaired) electrons. The molecule has 2 atom stereocenters. The molecule has 1 fully saturated rings. The lowest BCUT2D eigenvalue weighted by Crippen LogP contribution is -2.71. The summed E-state index contributed by atoms with van der Waals surface area (Å²) in [5.74, 6) is -2.86. The molecular weight excluding hydrogens is 684 g/mol. The predicted octanol–water partition coefficient (Wildman–Crippen LogP) is 5.47. The summed E-state index contributed by atoms with van der Waals surface area (Å²) in [5, 5.41) is 20.2. The Morgan fingerprint density at radius 3 is 2.08 bits per heavy atom. The van der Waals surface area contributed by atoms with Crippen LogP contribution < -0.4 is 10.6 Å². The van der Waals surface area contributed by atoms with Crippen molar-refractivity contribution in [3.05, 3.63) is 130 Å². The number of fused-ring (bicyclic) bond motifs is 1. The number of benzene rings is 3. The van der Waals surface area contributed by atoms with Gasteiger partial charge in [0, 0.05) is 17.0 Å². The first-order valence-electron chi connectivity index (χ1n) is 14.4. The normalized spacial score (nSPS) is 17.9. The smallest absolute Gasteiger partial charge is 0.407 e. The van der Waals surface area contributed by atoms with Gasteiger partial charge in [-0.1, -0.05) is 96.2 Å². The summed E-state index contributed by atoms with van der Waals surface area (Å²) in [7, 11) is 0. The lowest BCUT2D eigenvalue weighted by Gasteiger charge is -2.49. The second-order valence-corrected chi connectivity index (χ2v) is 12.8. The van der Waals surface area contributed by atoms with Crippen molar-refractivity contribution in [2.24, 2.45) is 5.16 Å². The van der Waals surface area contributed by atoms with E-state index in [2.05, 4.69) is 25.6 Å². The Hall–Kier alpha value is -4.79. The molecule has 0 aliphatic carbocycles. The number of thioether (sulfide) groups is 1. The van der Waals surface area contributed by atoms with E-state index in [0.29, 0.717) is 10.7 Å². The maximum Gasteiger partial charge on any atom is 0.407 e. The first-order chi connectivity index (χ1) is 23.2. The quantitative estimate of drug-likeness (QED) is 0.0581. The maximum atomic E-state index is 13.5. The maximum absolute atomic E-state index is 13.5. The number of aliphatic carboxylic acids is 1. The zero-order valence-electron chi connectivity index (χ0n) is 24.8. The average Bonchev–Trinajstić information content (AvgIpc) is 3.57. The summed E-state index contributed by atoms with van der Waals surface area (Å²) in [6.07, 6.45) is 0. The zero-order chi connectivity index (χ0) is 33.8. The molecule has 48 heavy (non-hydrogen) atoms. The van der Waals surface area contributed by atoms with Gasteiger partial charge in [-0.3, -0.25) is 14.5 Å². The minimum Gasteiger partial charge on any atom is -0.477 e. The van der Waals surface area contributed by atoms with Crippen molar-refractivity contribution >= 4 is 63.3 Å². The molecule has 3 N–H and O–H groups in total. The number of nitrogens with one attached hydrogen (secondary N) is 2. The molecule has 2 amide bonds. The third-order valence-electron chi connectivity index (χ3n) is 7.80. The Bertz CT molecular complexity index is 1780. The zero-order valence-corrected chi connectivity index (χ0v) is 27.1. The number of rotatable bonds is 12. The Balaban J connectivity index is 1.33. The van der Waals surface area contributed by atoms with Crippen LogP contribution in [0, 0.1) is 0 Å². The van der Waals surface area contributed by atoms with Crippen LogP contribution in [-0.2, 0) is 24.8 Å². The molecule has 1 saturated heterocycles. The Morgan fingerprint density at radius 2 is 1.58 bits per heavy atom. The van der Waals surface area contributed by atoms with Crippen molar-refractivity contribution in [3.63, 3.8) is 0 Å². The third kappa shape index (κ3) is 6.25.